The lowest BCUT2D eigenvalue weighted by Crippen LogP contribution is -2.44. The molecule has 1 aliphatic rings. The van der Waals surface area contributed by atoms with Gasteiger partial charge in [0.1, 0.15) is 17.9 Å². The molecular formula is C24H27N5O3. The summed E-state index contributed by atoms with van der Waals surface area (Å²) in [6.45, 7) is 7.18. The van der Waals surface area contributed by atoms with Crippen LogP contribution >= 0.6 is 0 Å². The summed E-state index contributed by atoms with van der Waals surface area (Å²) >= 11 is 0. The highest BCUT2D eigenvalue weighted by atomic mass is 16.2. The molecule has 3 aromatic rings. The number of aryl methyl sites for hydroxylation is 1. The quantitative estimate of drug-likeness (QED) is 0.519. The average molecular weight is 434 g/mol. The largest absolute Gasteiger partial charge is 0.344 e. The molecule has 0 radical (unpaired) electrons. The molecule has 32 heavy (non-hydrogen) atoms. The predicted molar refractivity (Wildman–Crippen MR) is 121 cm³/mol. The normalized spacial score (nSPS) is 19.5. The van der Waals surface area contributed by atoms with E-state index in [1.165, 1.54) is 0 Å². The zero-order valence-electron chi connectivity index (χ0n) is 18.6. The van der Waals surface area contributed by atoms with Crippen molar-refractivity contribution < 1.29 is 14.4 Å². The van der Waals surface area contributed by atoms with E-state index < -0.39 is 23.4 Å². The van der Waals surface area contributed by atoms with E-state index in [4.69, 9.17) is 0 Å². The molecule has 4 amide bonds. The number of imidazole rings is 1. The van der Waals surface area contributed by atoms with Gasteiger partial charge >= 0.3 is 6.03 Å². The molecule has 2 atom stereocenters. The number of aromatic amines is 1. The lowest BCUT2D eigenvalue weighted by Gasteiger charge is -2.23. The minimum Gasteiger partial charge on any atom is -0.344 e. The molecule has 1 aliphatic heterocycles. The van der Waals surface area contributed by atoms with E-state index in [0.29, 0.717) is 11.4 Å². The molecule has 2 aromatic carbocycles. The minimum absolute atomic E-state index is 0.0421. The number of aromatic nitrogens is 2. The predicted octanol–water partition coefficient (Wildman–Crippen LogP) is 3.15. The Balaban J connectivity index is 1.50. The van der Waals surface area contributed by atoms with Crippen LogP contribution in [-0.2, 0) is 15.1 Å². The van der Waals surface area contributed by atoms with Crippen molar-refractivity contribution in [3.63, 3.8) is 0 Å². The van der Waals surface area contributed by atoms with Gasteiger partial charge in [-0.05, 0) is 37.5 Å². The average Bonchev–Trinajstić information content (AvgIpc) is 3.27. The van der Waals surface area contributed by atoms with Crippen LogP contribution in [0.5, 0.6) is 0 Å². The Hall–Kier alpha value is -3.68. The molecule has 2 heterocycles. The molecule has 0 bridgehead atoms. The fraction of sp³-hybridized carbons (Fsp3) is 0.333. The summed E-state index contributed by atoms with van der Waals surface area (Å²) in [4.78, 5) is 47.3. The number of hydrogen-bond acceptors (Lipinski definition) is 4. The van der Waals surface area contributed by atoms with Crippen molar-refractivity contribution in [3.8, 4) is 0 Å². The van der Waals surface area contributed by atoms with Crippen LogP contribution in [0.2, 0.25) is 0 Å². The van der Waals surface area contributed by atoms with Crippen LogP contribution in [0.15, 0.2) is 48.5 Å². The molecule has 0 saturated carbocycles. The SMILES string of the molecule is Cc1ccc(C2(C)NC(=O)N(CC(=O)NC(c3nc4ccccc4[nH]3)C(C)C)C2=O)cc1. The van der Waals surface area contributed by atoms with Gasteiger partial charge in [0.05, 0.1) is 17.1 Å². The number of nitrogens with zero attached hydrogens (tertiary/aromatic N) is 2. The van der Waals surface area contributed by atoms with E-state index in [1.54, 1.807) is 6.92 Å². The van der Waals surface area contributed by atoms with Crippen LogP contribution < -0.4 is 10.6 Å². The number of carbonyl (C=O) groups is 3. The Kier molecular flexibility index (Phi) is 5.46. The fourth-order valence-corrected chi connectivity index (χ4v) is 3.96. The number of hydrogen-bond donors (Lipinski definition) is 3. The van der Waals surface area contributed by atoms with E-state index in [0.717, 1.165) is 21.5 Å². The van der Waals surface area contributed by atoms with Gasteiger partial charge < -0.3 is 15.6 Å². The maximum atomic E-state index is 13.1. The fourth-order valence-electron chi connectivity index (χ4n) is 3.96. The third-order valence-corrected chi connectivity index (χ3v) is 5.89. The van der Waals surface area contributed by atoms with Crippen molar-refractivity contribution in [2.75, 3.05) is 6.54 Å². The molecule has 8 heteroatoms. The van der Waals surface area contributed by atoms with E-state index >= 15 is 0 Å². The van der Waals surface area contributed by atoms with Gasteiger partial charge in [0.15, 0.2) is 0 Å². The maximum absolute atomic E-state index is 13.1. The summed E-state index contributed by atoms with van der Waals surface area (Å²) in [5, 5.41) is 5.67. The van der Waals surface area contributed by atoms with Crippen LogP contribution in [0.1, 0.15) is 43.8 Å². The molecule has 4 rings (SSSR count). The van der Waals surface area contributed by atoms with Crippen LogP contribution in [-0.4, -0.2) is 39.3 Å². The zero-order chi connectivity index (χ0) is 23.0. The van der Waals surface area contributed by atoms with Gasteiger partial charge in [-0.3, -0.25) is 14.5 Å². The number of benzene rings is 2. The monoisotopic (exact) mass is 433 g/mol. The number of rotatable bonds is 6. The van der Waals surface area contributed by atoms with Gasteiger partial charge in [-0.25, -0.2) is 9.78 Å². The molecule has 0 spiro atoms. The number of imide groups is 1. The number of amides is 4. The number of fused-ring (bicyclic) bond motifs is 1. The summed E-state index contributed by atoms with van der Waals surface area (Å²) in [5.74, 6) is -0.205. The van der Waals surface area contributed by atoms with E-state index in [-0.39, 0.29) is 18.5 Å². The second-order valence-corrected chi connectivity index (χ2v) is 8.74. The Bertz CT molecular complexity index is 1150. The Labute approximate surface area is 186 Å². The lowest BCUT2D eigenvalue weighted by molar-refractivity contribution is -0.135. The number of nitrogens with one attached hydrogen (secondary N) is 3. The zero-order valence-corrected chi connectivity index (χ0v) is 18.6. The first kappa shape index (κ1) is 21.5. The summed E-state index contributed by atoms with van der Waals surface area (Å²) in [6, 6.07) is 14.1. The first-order chi connectivity index (χ1) is 15.2. The van der Waals surface area contributed by atoms with Gasteiger partial charge in [0.2, 0.25) is 5.91 Å². The summed E-state index contributed by atoms with van der Waals surface area (Å²) in [5.41, 5.74) is 2.21. The Morgan fingerprint density at radius 2 is 1.81 bits per heavy atom. The highest BCUT2D eigenvalue weighted by Crippen LogP contribution is 2.29. The van der Waals surface area contributed by atoms with Gasteiger partial charge in [0.25, 0.3) is 5.91 Å². The Morgan fingerprint density at radius 1 is 1.12 bits per heavy atom. The summed E-state index contributed by atoms with van der Waals surface area (Å²) in [6.07, 6.45) is 0. The van der Waals surface area contributed by atoms with Crippen LogP contribution in [0, 0.1) is 12.8 Å². The molecular weight excluding hydrogens is 406 g/mol. The topological polar surface area (TPSA) is 107 Å². The van der Waals surface area contributed by atoms with Crippen molar-refractivity contribution in [1.82, 2.24) is 25.5 Å². The first-order valence-electron chi connectivity index (χ1n) is 10.6. The van der Waals surface area contributed by atoms with E-state index in [1.807, 2.05) is 69.3 Å². The number of H-pyrrole nitrogens is 1. The third-order valence-electron chi connectivity index (χ3n) is 5.89. The molecule has 2 unspecified atom stereocenters. The minimum atomic E-state index is -1.21. The van der Waals surface area contributed by atoms with Crippen molar-refractivity contribution in [2.24, 2.45) is 5.92 Å². The molecule has 1 aromatic heterocycles. The molecule has 1 saturated heterocycles. The van der Waals surface area contributed by atoms with Crippen LogP contribution in [0.4, 0.5) is 4.79 Å². The van der Waals surface area contributed by atoms with Gasteiger partial charge in [-0.15, -0.1) is 0 Å². The van der Waals surface area contributed by atoms with Crippen LogP contribution in [0.3, 0.4) is 0 Å². The molecule has 8 nitrogen and oxygen atoms in total. The van der Waals surface area contributed by atoms with Crippen molar-refractivity contribution in [1.29, 1.82) is 0 Å². The van der Waals surface area contributed by atoms with E-state index in [9.17, 15) is 14.4 Å². The standard InChI is InChI=1S/C24H27N5O3/c1-14(2)20(21-25-17-7-5-6-8-18(17)26-21)27-19(30)13-29-22(31)24(4,28-23(29)32)16-11-9-15(3)10-12-16/h5-12,14,20H,13H2,1-4H3,(H,25,26)(H,27,30)(H,28,32). The molecule has 3 N–H and O–H groups in total. The highest BCUT2D eigenvalue weighted by molar-refractivity contribution is 6.09. The van der Waals surface area contributed by atoms with E-state index in [2.05, 4.69) is 20.6 Å². The number of para-hydroxylation sites is 2. The second-order valence-electron chi connectivity index (χ2n) is 8.74. The lowest BCUT2D eigenvalue weighted by atomic mass is 9.91. The van der Waals surface area contributed by atoms with Crippen LogP contribution in [0.25, 0.3) is 11.0 Å². The third kappa shape index (κ3) is 3.84. The molecule has 1 fully saturated rings. The summed E-state index contributed by atoms with van der Waals surface area (Å²) < 4.78 is 0. The second kappa shape index (κ2) is 8.11. The van der Waals surface area contributed by atoms with Gasteiger partial charge in [-0.1, -0.05) is 55.8 Å². The smallest absolute Gasteiger partial charge is 0.325 e. The van der Waals surface area contributed by atoms with Crippen molar-refractivity contribution in [2.45, 2.75) is 39.3 Å². The summed E-state index contributed by atoms with van der Waals surface area (Å²) in [7, 11) is 0. The highest BCUT2D eigenvalue weighted by Gasteiger charge is 2.49. The van der Waals surface area contributed by atoms with Crippen molar-refractivity contribution in [3.05, 3.63) is 65.5 Å². The number of urea groups is 1. The van der Waals surface area contributed by atoms with Gasteiger partial charge in [0, 0.05) is 0 Å². The van der Waals surface area contributed by atoms with Crippen molar-refractivity contribution >= 4 is 28.9 Å². The Morgan fingerprint density at radius 3 is 2.47 bits per heavy atom. The first-order valence-corrected chi connectivity index (χ1v) is 10.6. The van der Waals surface area contributed by atoms with Gasteiger partial charge in [-0.2, -0.15) is 0 Å². The molecule has 0 aliphatic carbocycles. The number of carbonyl (C=O) groups excluding carboxylic acids is 3. The molecule has 166 valence electrons. The maximum Gasteiger partial charge on any atom is 0.325 e.